The lowest BCUT2D eigenvalue weighted by atomic mass is 10.1. The molecule has 0 aliphatic carbocycles. The molecular weight excluding hydrogens is 268 g/mol. The molecule has 2 N–H and O–H groups in total. The first-order valence-electron chi connectivity index (χ1n) is 5.52. The number of benzene rings is 2. The van der Waals surface area contributed by atoms with Crippen LogP contribution in [0.1, 0.15) is 11.7 Å². The highest BCUT2D eigenvalue weighted by atomic mass is 35.5. The molecule has 0 saturated heterocycles. The first kappa shape index (κ1) is 13.3. The summed E-state index contributed by atoms with van der Waals surface area (Å²) in [5.74, 6) is 0.561. The topological polar surface area (TPSA) is 40.5 Å². The average molecular weight is 281 g/mol. The first-order chi connectivity index (χ1) is 8.68. The van der Waals surface area contributed by atoms with Crippen molar-refractivity contribution < 1.29 is 10.2 Å². The Morgan fingerprint density at radius 2 is 1.72 bits per heavy atom. The van der Waals surface area contributed by atoms with Crippen molar-refractivity contribution in [3.63, 3.8) is 0 Å². The van der Waals surface area contributed by atoms with Gasteiger partial charge in [0.25, 0.3) is 0 Å². The number of halogens is 1. The highest BCUT2D eigenvalue weighted by Crippen LogP contribution is 2.32. The SMILES string of the molecule is Oc1ccccc1C(O)CSc1ccccc1Cl. The number of aliphatic hydroxyl groups excluding tert-OH is 1. The summed E-state index contributed by atoms with van der Waals surface area (Å²) in [5, 5.41) is 20.3. The minimum Gasteiger partial charge on any atom is -0.508 e. The normalized spacial score (nSPS) is 12.3. The molecule has 4 heteroatoms. The summed E-state index contributed by atoms with van der Waals surface area (Å²) in [6, 6.07) is 14.3. The van der Waals surface area contributed by atoms with Crippen molar-refractivity contribution >= 4 is 23.4 Å². The molecule has 0 aliphatic rings. The van der Waals surface area contributed by atoms with E-state index >= 15 is 0 Å². The number of para-hydroxylation sites is 1. The summed E-state index contributed by atoms with van der Waals surface area (Å²) in [4.78, 5) is 0.925. The lowest BCUT2D eigenvalue weighted by Gasteiger charge is -2.12. The second kappa shape index (κ2) is 6.14. The van der Waals surface area contributed by atoms with E-state index in [0.29, 0.717) is 16.3 Å². The Bertz CT molecular complexity index is 531. The summed E-state index contributed by atoms with van der Waals surface area (Å²) < 4.78 is 0. The molecular formula is C14H13ClO2S. The number of hydrogen-bond donors (Lipinski definition) is 2. The molecule has 0 fully saturated rings. The van der Waals surface area contributed by atoms with E-state index in [1.165, 1.54) is 11.8 Å². The van der Waals surface area contributed by atoms with Gasteiger partial charge in [-0.15, -0.1) is 11.8 Å². The molecule has 1 atom stereocenters. The Morgan fingerprint density at radius 1 is 1.06 bits per heavy atom. The maximum absolute atomic E-state index is 10.0. The fourth-order valence-electron chi connectivity index (χ4n) is 1.59. The highest BCUT2D eigenvalue weighted by Gasteiger charge is 2.12. The zero-order valence-corrected chi connectivity index (χ0v) is 11.2. The van der Waals surface area contributed by atoms with Crippen LogP contribution in [0.15, 0.2) is 53.4 Å². The number of thioether (sulfide) groups is 1. The van der Waals surface area contributed by atoms with E-state index in [9.17, 15) is 10.2 Å². The Morgan fingerprint density at radius 3 is 2.44 bits per heavy atom. The van der Waals surface area contributed by atoms with Crippen molar-refractivity contribution in [2.24, 2.45) is 0 Å². The average Bonchev–Trinajstić information content (AvgIpc) is 2.38. The Kier molecular flexibility index (Phi) is 4.53. The summed E-state index contributed by atoms with van der Waals surface area (Å²) in [6.45, 7) is 0. The summed E-state index contributed by atoms with van der Waals surface area (Å²) in [5.41, 5.74) is 0.539. The number of phenols is 1. The molecule has 1 unspecified atom stereocenters. The maximum Gasteiger partial charge on any atom is 0.121 e. The number of aliphatic hydroxyl groups is 1. The monoisotopic (exact) mass is 280 g/mol. The molecule has 2 aromatic rings. The van der Waals surface area contributed by atoms with Crippen LogP contribution in [0.3, 0.4) is 0 Å². The molecule has 2 aromatic carbocycles. The zero-order chi connectivity index (χ0) is 13.0. The molecule has 2 nitrogen and oxygen atoms in total. The third-order valence-corrected chi connectivity index (χ3v) is 4.12. The number of hydrogen-bond acceptors (Lipinski definition) is 3. The van der Waals surface area contributed by atoms with Crippen LogP contribution in [-0.2, 0) is 0 Å². The van der Waals surface area contributed by atoms with Crippen LogP contribution in [0.25, 0.3) is 0 Å². The molecule has 0 amide bonds. The van der Waals surface area contributed by atoms with Crippen LogP contribution in [0.2, 0.25) is 5.02 Å². The molecule has 0 saturated carbocycles. The van der Waals surface area contributed by atoms with Crippen LogP contribution in [0, 0.1) is 0 Å². The fourth-order valence-corrected chi connectivity index (χ4v) is 2.79. The Hall–Kier alpha value is -1.16. The maximum atomic E-state index is 10.0. The van der Waals surface area contributed by atoms with Crippen molar-refractivity contribution in [1.29, 1.82) is 0 Å². The molecule has 0 aliphatic heterocycles. The Labute approximate surface area is 115 Å². The number of rotatable bonds is 4. The number of aromatic hydroxyl groups is 1. The van der Waals surface area contributed by atoms with Gasteiger partial charge in [-0.25, -0.2) is 0 Å². The van der Waals surface area contributed by atoms with Gasteiger partial charge in [-0.2, -0.15) is 0 Å². The number of phenolic OH excluding ortho intramolecular Hbond substituents is 1. The standard InChI is InChI=1S/C14H13ClO2S/c15-11-6-2-4-8-14(11)18-9-13(17)10-5-1-3-7-12(10)16/h1-8,13,16-17H,9H2. The fraction of sp³-hybridized carbons (Fsp3) is 0.143. The predicted octanol–water partition coefficient (Wildman–Crippen LogP) is 3.87. The van der Waals surface area contributed by atoms with E-state index in [-0.39, 0.29) is 5.75 Å². The molecule has 0 aromatic heterocycles. The van der Waals surface area contributed by atoms with Crippen molar-refractivity contribution in [2.45, 2.75) is 11.0 Å². The van der Waals surface area contributed by atoms with E-state index < -0.39 is 6.10 Å². The van der Waals surface area contributed by atoms with E-state index in [4.69, 9.17) is 11.6 Å². The van der Waals surface area contributed by atoms with Gasteiger partial charge in [0.15, 0.2) is 0 Å². The van der Waals surface area contributed by atoms with Crippen LogP contribution < -0.4 is 0 Å². The molecule has 0 bridgehead atoms. The van der Waals surface area contributed by atoms with E-state index in [0.717, 1.165) is 4.90 Å². The summed E-state index contributed by atoms with van der Waals surface area (Å²) >= 11 is 7.50. The molecule has 0 heterocycles. The van der Waals surface area contributed by atoms with E-state index in [1.807, 2.05) is 24.3 Å². The predicted molar refractivity (Wildman–Crippen MR) is 75.2 cm³/mol. The van der Waals surface area contributed by atoms with Gasteiger partial charge in [-0.1, -0.05) is 41.9 Å². The van der Waals surface area contributed by atoms with Crippen LogP contribution in [-0.4, -0.2) is 16.0 Å². The smallest absolute Gasteiger partial charge is 0.121 e. The van der Waals surface area contributed by atoms with Gasteiger partial charge in [-0.3, -0.25) is 0 Å². The van der Waals surface area contributed by atoms with Crippen LogP contribution >= 0.6 is 23.4 Å². The van der Waals surface area contributed by atoms with Gasteiger partial charge < -0.3 is 10.2 Å². The van der Waals surface area contributed by atoms with Gasteiger partial charge in [0.2, 0.25) is 0 Å². The molecule has 2 rings (SSSR count). The molecule has 0 spiro atoms. The van der Waals surface area contributed by atoms with Gasteiger partial charge in [0.1, 0.15) is 5.75 Å². The second-order valence-electron chi connectivity index (χ2n) is 3.82. The minimum absolute atomic E-state index is 0.116. The van der Waals surface area contributed by atoms with Gasteiger partial charge in [-0.05, 0) is 18.2 Å². The van der Waals surface area contributed by atoms with Gasteiger partial charge >= 0.3 is 0 Å². The van der Waals surface area contributed by atoms with Crippen LogP contribution in [0.4, 0.5) is 0 Å². The van der Waals surface area contributed by atoms with Gasteiger partial charge in [0, 0.05) is 16.2 Å². The van der Waals surface area contributed by atoms with E-state index in [1.54, 1.807) is 24.3 Å². The van der Waals surface area contributed by atoms with Crippen molar-refractivity contribution in [3.8, 4) is 5.75 Å². The zero-order valence-electron chi connectivity index (χ0n) is 9.58. The van der Waals surface area contributed by atoms with Gasteiger partial charge in [0.05, 0.1) is 11.1 Å². The molecule has 0 radical (unpaired) electrons. The summed E-state index contributed by atoms with van der Waals surface area (Å²) in [6.07, 6.45) is -0.715. The minimum atomic E-state index is -0.715. The second-order valence-corrected chi connectivity index (χ2v) is 5.29. The van der Waals surface area contributed by atoms with Crippen LogP contribution in [0.5, 0.6) is 5.75 Å². The molecule has 94 valence electrons. The largest absolute Gasteiger partial charge is 0.508 e. The molecule has 18 heavy (non-hydrogen) atoms. The lowest BCUT2D eigenvalue weighted by molar-refractivity contribution is 0.199. The first-order valence-corrected chi connectivity index (χ1v) is 6.88. The third-order valence-electron chi connectivity index (χ3n) is 2.53. The quantitative estimate of drug-likeness (QED) is 0.835. The Balaban J connectivity index is 2.03. The van der Waals surface area contributed by atoms with E-state index in [2.05, 4.69) is 0 Å². The van der Waals surface area contributed by atoms with Crippen molar-refractivity contribution in [1.82, 2.24) is 0 Å². The lowest BCUT2D eigenvalue weighted by Crippen LogP contribution is -2.00. The third kappa shape index (κ3) is 3.19. The van der Waals surface area contributed by atoms with Crippen molar-refractivity contribution in [2.75, 3.05) is 5.75 Å². The highest BCUT2D eigenvalue weighted by molar-refractivity contribution is 7.99. The van der Waals surface area contributed by atoms with Crippen molar-refractivity contribution in [3.05, 3.63) is 59.1 Å². The summed E-state index contributed by atoms with van der Waals surface area (Å²) in [7, 11) is 0.